The Morgan fingerprint density at radius 3 is 2.34 bits per heavy atom. The normalized spacial score (nSPS) is 19.4. The van der Waals surface area contributed by atoms with E-state index in [-0.39, 0.29) is 22.9 Å². The molecule has 0 amide bonds. The van der Waals surface area contributed by atoms with Crippen LogP contribution < -0.4 is 15.4 Å². The fraction of sp³-hybridized carbons (Fsp3) is 0.483. The van der Waals surface area contributed by atoms with E-state index < -0.39 is 5.95 Å². The first-order valence-corrected chi connectivity index (χ1v) is 13.3. The van der Waals surface area contributed by atoms with Gasteiger partial charge in [0.2, 0.25) is 5.95 Å². The summed E-state index contributed by atoms with van der Waals surface area (Å²) in [7, 11) is 3.54. The van der Waals surface area contributed by atoms with Gasteiger partial charge in [-0.1, -0.05) is 6.42 Å². The molecular formula is C29H32FN7O. The van der Waals surface area contributed by atoms with Gasteiger partial charge in [0.1, 0.15) is 28.9 Å². The molecule has 2 fully saturated rings. The highest BCUT2D eigenvalue weighted by molar-refractivity contribution is 5.92. The van der Waals surface area contributed by atoms with Crippen LogP contribution in [0.2, 0.25) is 0 Å². The Hall–Kier alpha value is -3.98. The Morgan fingerprint density at radius 2 is 1.74 bits per heavy atom. The number of hydrogen-bond donors (Lipinski definition) is 0. The number of nitriles is 2. The minimum Gasteiger partial charge on any atom is -0.369 e. The van der Waals surface area contributed by atoms with E-state index >= 15 is 0 Å². The molecular weight excluding hydrogens is 481 g/mol. The van der Waals surface area contributed by atoms with Crippen molar-refractivity contribution in [2.75, 3.05) is 23.4 Å². The zero-order valence-corrected chi connectivity index (χ0v) is 22.1. The number of fused-ring (bicyclic) bond motifs is 1. The third-order valence-electron chi connectivity index (χ3n) is 8.46. The molecule has 0 aromatic carbocycles. The van der Waals surface area contributed by atoms with Crippen LogP contribution in [-0.2, 0) is 7.05 Å². The van der Waals surface area contributed by atoms with Crippen molar-refractivity contribution >= 4 is 22.4 Å². The standard InChI is InChI=1S/C29H32FN7O/c1-18-24(13-14-26(30)33-18)37(17-19-5-4-6-19)22-10-8-21(9-11-22)35(2)28-23(16-32)29(38)36(3)25-12-7-20(15-31)34-27(25)28/h7,12-14,19,21-22H,4-6,8-11,17H2,1-3H3/t21-,22-. The molecule has 9 heteroatoms. The molecule has 0 atom stereocenters. The number of rotatable bonds is 6. The lowest BCUT2D eigenvalue weighted by atomic mass is 9.83. The number of anilines is 2. The second kappa shape index (κ2) is 10.4. The van der Waals surface area contributed by atoms with Crippen molar-refractivity contribution in [3.8, 4) is 12.1 Å². The molecule has 2 saturated carbocycles. The average Bonchev–Trinajstić information content (AvgIpc) is 2.90. The molecule has 0 bridgehead atoms. The average molecular weight is 514 g/mol. The van der Waals surface area contributed by atoms with Crippen molar-refractivity contribution in [2.24, 2.45) is 13.0 Å². The summed E-state index contributed by atoms with van der Waals surface area (Å²) in [6, 6.07) is 11.2. The van der Waals surface area contributed by atoms with E-state index in [1.807, 2.05) is 24.9 Å². The summed E-state index contributed by atoms with van der Waals surface area (Å²) in [5, 5.41) is 19.4. The Kier molecular flexibility index (Phi) is 7.03. The fourth-order valence-electron chi connectivity index (χ4n) is 6.06. The maximum absolute atomic E-state index is 13.8. The Labute approximate surface area is 221 Å². The minimum absolute atomic E-state index is 0.0480. The van der Waals surface area contributed by atoms with Crippen molar-refractivity contribution in [3.63, 3.8) is 0 Å². The van der Waals surface area contributed by atoms with E-state index in [1.165, 1.54) is 29.9 Å². The van der Waals surface area contributed by atoms with Gasteiger partial charge in [0.25, 0.3) is 5.56 Å². The monoisotopic (exact) mass is 513 g/mol. The van der Waals surface area contributed by atoms with Gasteiger partial charge < -0.3 is 14.4 Å². The number of aromatic nitrogens is 3. The van der Waals surface area contributed by atoms with E-state index in [2.05, 4.69) is 27.0 Å². The summed E-state index contributed by atoms with van der Waals surface area (Å²) in [5.74, 6) is 0.202. The lowest BCUT2D eigenvalue weighted by molar-refractivity contribution is 0.290. The summed E-state index contributed by atoms with van der Waals surface area (Å²) in [4.78, 5) is 26.1. The van der Waals surface area contributed by atoms with Crippen LogP contribution >= 0.6 is 0 Å². The summed E-state index contributed by atoms with van der Waals surface area (Å²) >= 11 is 0. The third kappa shape index (κ3) is 4.58. The first-order valence-electron chi connectivity index (χ1n) is 13.3. The molecule has 38 heavy (non-hydrogen) atoms. The number of pyridine rings is 3. The van der Waals surface area contributed by atoms with Crippen LogP contribution in [0.4, 0.5) is 15.8 Å². The molecule has 0 N–H and O–H groups in total. The van der Waals surface area contributed by atoms with Gasteiger partial charge in [0.05, 0.1) is 22.6 Å². The van der Waals surface area contributed by atoms with Gasteiger partial charge in [-0.05, 0) is 75.6 Å². The number of halogens is 1. The summed E-state index contributed by atoms with van der Waals surface area (Å²) in [6.45, 7) is 2.83. The van der Waals surface area contributed by atoms with Crippen LogP contribution in [0.15, 0.2) is 29.1 Å². The highest BCUT2D eigenvalue weighted by Crippen LogP contribution is 2.37. The van der Waals surface area contributed by atoms with Gasteiger partial charge in [-0.2, -0.15) is 14.9 Å². The number of hydrogen-bond acceptors (Lipinski definition) is 7. The van der Waals surface area contributed by atoms with E-state index in [4.69, 9.17) is 0 Å². The van der Waals surface area contributed by atoms with Crippen LogP contribution in [0.25, 0.3) is 11.0 Å². The molecule has 3 aromatic rings. The summed E-state index contributed by atoms with van der Waals surface area (Å²) in [5.41, 5.74) is 3.23. The maximum atomic E-state index is 13.8. The predicted molar refractivity (Wildman–Crippen MR) is 144 cm³/mol. The van der Waals surface area contributed by atoms with Crippen LogP contribution in [0.3, 0.4) is 0 Å². The van der Waals surface area contributed by atoms with Gasteiger partial charge in [0.15, 0.2) is 0 Å². The molecule has 0 radical (unpaired) electrons. The van der Waals surface area contributed by atoms with Gasteiger partial charge in [0, 0.05) is 32.7 Å². The predicted octanol–water partition coefficient (Wildman–Crippen LogP) is 4.57. The SMILES string of the molecule is Cc1nc(F)ccc1N(CC1CCC1)[C@H]1CC[C@H](N(C)c2c(C#N)c(=O)n(C)c3ccc(C#N)nc23)CC1. The van der Waals surface area contributed by atoms with Crippen LogP contribution in [0.5, 0.6) is 0 Å². The largest absolute Gasteiger partial charge is 0.369 e. The zero-order chi connectivity index (χ0) is 27.0. The molecule has 0 spiro atoms. The van der Waals surface area contributed by atoms with Gasteiger partial charge in [-0.15, -0.1) is 0 Å². The van der Waals surface area contributed by atoms with Crippen LogP contribution in [-0.4, -0.2) is 40.2 Å². The van der Waals surface area contributed by atoms with Crippen molar-refractivity contribution in [2.45, 2.75) is 64.0 Å². The van der Waals surface area contributed by atoms with Gasteiger partial charge in [-0.25, -0.2) is 9.97 Å². The zero-order valence-electron chi connectivity index (χ0n) is 22.1. The summed E-state index contributed by atoms with van der Waals surface area (Å²) in [6.07, 6.45) is 7.33. The first kappa shape index (κ1) is 25.7. The van der Waals surface area contributed by atoms with E-state index in [1.54, 1.807) is 19.2 Å². The van der Waals surface area contributed by atoms with E-state index in [9.17, 15) is 19.7 Å². The Balaban J connectivity index is 1.43. The van der Waals surface area contributed by atoms with Crippen molar-refractivity contribution in [1.82, 2.24) is 14.5 Å². The van der Waals surface area contributed by atoms with Gasteiger partial charge in [-0.3, -0.25) is 4.79 Å². The van der Waals surface area contributed by atoms with Crippen molar-refractivity contribution in [3.05, 3.63) is 57.5 Å². The van der Waals surface area contributed by atoms with E-state index in [0.717, 1.165) is 37.9 Å². The topological polar surface area (TPSA) is 102 Å². The number of aryl methyl sites for hydroxylation is 2. The molecule has 5 rings (SSSR count). The molecule has 3 heterocycles. The number of nitrogens with zero attached hydrogens (tertiary/aromatic N) is 7. The third-order valence-corrected chi connectivity index (χ3v) is 8.46. The lowest BCUT2D eigenvalue weighted by Crippen LogP contribution is -2.46. The highest BCUT2D eigenvalue weighted by Gasteiger charge is 2.33. The quantitative estimate of drug-likeness (QED) is 0.445. The molecule has 0 aliphatic heterocycles. The molecule has 0 unspecified atom stereocenters. The molecule has 196 valence electrons. The Bertz CT molecular complexity index is 1510. The lowest BCUT2D eigenvalue weighted by Gasteiger charge is -2.44. The minimum atomic E-state index is -0.456. The van der Waals surface area contributed by atoms with E-state index in [0.29, 0.717) is 34.4 Å². The molecule has 8 nitrogen and oxygen atoms in total. The Morgan fingerprint density at radius 1 is 1.03 bits per heavy atom. The van der Waals surface area contributed by atoms with Crippen LogP contribution in [0.1, 0.15) is 61.9 Å². The van der Waals surface area contributed by atoms with Crippen molar-refractivity contribution < 1.29 is 4.39 Å². The summed E-state index contributed by atoms with van der Waals surface area (Å²) < 4.78 is 15.2. The molecule has 3 aromatic heterocycles. The smallest absolute Gasteiger partial charge is 0.270 e. The fourth-order valence-corrected chi connectivity index (χ4v) is 6.06. The van der Waals surface area contributed by atoms with Gasteiger partial charge >= 0.3 is 0 Å². The molecule has 2 aliphatic carbocycles. The molecule has 0 saturated heterocycles. The van der Waals surface area contributed by atoms with Crippen molar-refractivity contribution in [1.29, 1.82) is 10.5 Å². The highest BCUT2D eigenvalue weighted by atomic mass is 19.1. The van der Waals surface area contributed by atoms with Crippen LogP contribution in [0, 0.1) is 41.5 Å². The second-order valence-corrected chi connectivity index (χ2v) is 10.6. The molecule has 2 aliphatic rings. The first-order chi connectivity index (χ1) is 18.3. The maximum Gasteiger partial charge on any atom is 0.270 e. The second-order valence-electron chi connectivity index (χ2n) is 10.6.